The Kier molecular flexibility index (Phi) is 13.6. The highest BCUT2D eigenvalue weighted by molar-refractivity contribution is 7.30. The average Bonchev–Trinajstić information content (AvgIpc) is 2.29. The van der Waals surface area contributed by atoms with Gasteiger partial charge in [-0.25, -0.2) is 0 Å². The summed E-state index contributed by atoms with van der Waals surface area (Å²) in [6.45, 7) is 5.53. The van der Waals surface area contributed by atoms with Crippen LogP contribution in [0.15, 0.2) is 0 Å². The van der Waals surface area contributed by atoms with Gasteiger partial charge in [0.15, 0.2) is 0 Å². The van der Waals surface area contributed by atoms with Crippen molar-refractivity contribution in [3.63, 3.8) is 0 Å². The SMILES string of the molecule is CCC(O)(CC)CN(CCO)CCO.O=[PH](O)O. The number of hydrogen-bond acceptors (Lipinski definition) is 5. The lowest BCUT2D eigenvalue weighted by Crippen LogP contribution is -2.44. The van der Waals surface area contributed by atoms with Gasteiger partial charge in [-0.2, -0.15) is 0 Å². The van der Waals surface area contributed by atoms with Crippen molar-refractivity contribution in [1.82, 2.24) is 4.90 Å². The van der Waals surface area contributed by atoms with Crippen LogP contribution in [0.1, 0.15) is 26.7 Å². The minimum atomic E-state index is -3.13. The standard InChI is InChI=1S/C10H23NO3.H3O3P/c1-3-10(14,4-2)9-11(5-7-12)6-8-13;1-4(2)3/h12-14H,3-9H2,1-2H3;4H,(H2,1,2,3). The molecule has 0 aliphatic rings. The molecule has 0 unspecified atom stereocenters. The Labute approximate surface area is 109 Å². The number of nitrogens with zero attached hydrogens (tertiary/aromatic N) is 1. The zero-order chi connectivity index (χ0) is 14.6. The van der Waals surface area contributed by atoms with Crippen molar-refractivity contribution >= 4 is 8.25 Å². The van der Waals surface area contributed by atoms with Crippen LogP contribution >= 0.6 is 8.25 Å². The Morgan fingerprint density at radius 2 is 1.39 bits per heavy atom. The number of aliphatic hydroxyl groups excluding tert-OH is 2. The van der Waals surface area contributed by atoms with Crippen LogP contribution in [-0.4, -0.2) is 68.5 Å². The summed E-state index contributed by atoms with van der Waals surface area (Å²) in [6, 6.07) is 0. The van der Waals surface area contributed by atoms with E-state index < -0.39 is 13.9 Å². The van der Waals surface area contributed by atoms with Crippen molar-refractivity contribution in [2.45, 2.75) is 32.3 Å². The Bertz CT molecular complexity index is 203. The first-order chi connectivity index (χ1) is 8.35. The van der Waals surface area contributed by atoms with Crippen molar-refractivity contribution in [1.29, 1.82) is 0 Å². The minimum absolute atomic E-state index is 0.0590. The summed E-state index contributed by atoms with van der Waals surface area (Å²) in [5.41, 5.74) is -0.690. The molecule has 5 N–H and O–H groups in total. The van der Waals surface area contributed by atoms with Gasteiger partial charge in [0.05, 0.1) is 18.8 Å². The summed E-state index contributed by atoms with van der Waals surface area (Å²) in [5, 5.41) is 27.6. The van der Waals surface area contributed by atoms with Crippen LogP contribution in [0.4, 0.5) is 0 Å². The highest BCUT2D eigenvalue weighted by Crippen LogP contribution is 2.15. The topological polar surface area (TPSA) is 121 Å². The second-order valence-electron chi connectivity index (χ2n) is 3.94. The Morgan fingerprint density at radius 3 is 1.61 bits per heavy atom. The van der Waals surface area contributed by atoms with Gasteiger partial charge in [0.1, 0.15) is 0 Å². The molecule has 0 atom stereocenters. The van der Waals surface area contributed by atoms with Crippen molar-refractivity contribution < 1.29 is 29.7 Å². The van der Waals surface area contributed by atoms with E-state index in [2.05, 4.69) is 0 Å². The molecule has 8 heteroatoms. The molecule has 0 heterocycles. The molecule has 0 saturated heterocycles. The van der Waals surface area contributed by atoms with E-state index in [1.807, 2.05) is 18.7 Å². The fourth-order valence-electron chi connectivity index (χ4n) is 1.44. The summed E-state index contributed by atoms with van der Waals surface area (Å²) in [4.78, 5) is 16.2. The molecule has 0 spiro atoms. The normalized spacial score (nSPS) is 11.6. The van der Waals surface area contributed by atoms with Crippen LogP contribution in [0.3, 0.4) is 0 Å². The third-order valence-electron chi connectivity index (χ3n) is 2.67. The summed E-state index contributed by atoms with van der Waals surface area (Å²) in [6.07, 6.45) is 1.38. The molecule has 7 nitrogen and oxygen atoms in total. The van der Waals surface area contributed by atoms with Crippen molar-refractivity contribution in [2.75, 3.05) is 32.8 Å². The molecule has 0 aliphatic carbocycles. The first-order valence-corrected chi connectivity index (χ1v) is 7.23. The van der Waals surface area contributed by atoms with E-state index in [4.69, 9.17) is 24.6 Å². The van der Waals surface area contributed by atoms with E-state index >= 15 is 0 Å². The molecule has 0 aromatic carbocycles. The molecule has 0 radical (unpaired) electrons. The third-order valence-corrected chi connectivity index (χ3v) is 2.67. The van der Waals surface area contributed by atoms with Gasteiger partial charge in [0.2, 0.25) is 0 Å². The smallest absolute Gasteiger partial charge is 0.314 e. The second-order valence-corrected chi connectivity index (χ2v) is 4.50. The molecule has 0 fully saturated rings. The number of aliphatic hydroxyl groups is 3. The fourth-order valence-corrected chi connectivity index (χ4v) is 1.44. The molecule has 0 bridgehead atoms. The highest BCUT2D eigenvalue weighted by atomic mass is 31.1. The molecule has 0 aliphatic heterocycles. The van der Waals surface area contributed by atoms with E-state index in [0.29, 0.717) is 32.5 Å². The van der Waals surface area contributed by atoms with Crippen LogP contribution in [-0.2, 0) is 4.57 Å². The van der Waals surface area contributed by atoms with E-state index in [0.717, 1.165) is 0 Å². The van der Waals surface area contributed by atoms with Gasteiger partial charge < -0.3 is 25.1 Å². The molecule has 0 aromatic rings. The summed E-state index contributed by atoms with van der Waals surface area (Å²) < 4.78 is 8.74. The van der Waals surface area contributed by atoms with Gasteiger partial charge in [-0.05, 0) is 12.8 Å². The quantitative estimate of drug-likeness (QED) is 0.370. The largest absolute Gasteiger partial charge is 0.395 e. The lowest BCUT2D eigenvalue weighted by Gasteiger charge is -2.32. The average molecular weight is 287 g/mol. The Hall–Kier alpha value is -0.0100. The van der Waals surface area contributed by atoms with Crippen LogP contribution in [0.5, 0.6) is 0 Å². The van der Waals surface area contributed by atoms with Crippen LogP contribution in [0, 0.1) is 0 Å². The van der Waals surface area contributed by atoms with Gasteiger partial charge >= 0.3 is 8.25 Å². The van der Waals surface area contributed by atoms with Crippen LogP contribution in [0.2, 0.25) is 0 Å². The highest BCUT2D eigenvalue weighted by Gasteiger charge is 2.24. The Balaban J connectivity index is 0. The molecule has 0 rings (SSSR count). The maximum Gasteiger partial charge on any atom is 0.314 e. The number of rotatable bonds is 8. The van der Waals surface area contributed by atoms with Crippen molar-refractivity contribution in [2.24, 2.45) is 0 Å². The van der Waals surface area contributed by atoms with E-state index in [9.17, 15) is 5.11 Å². The summed E-state index contributed by atoms with van der Waals surface area (Å²) in [7, 11) is -3.13. The molecule has 18 heavy (non-hydrogen) atoms. The van der Waals surface area contributed by atoms with Gasteiger partial charge in [0, 0.05) is 19.6 Å². The van der Waals surface area contributed by atoms with E-state index in [-0.39, 0.29) is 13.2 Å². The third kappa shape index (κ3) is 12.4. The maximum absolute atomic E-state index is 10.0. The summed E-state index contributed by atoms with van der Waals surface area (Å²) in [5.74, 6) is 0. The first kappa shape index (κ1) is 20.3. The van der Waals surface area contributed by atoms with E-state index in [1.54, 1.807) is 0 Å². The van der Waals surface area contributed by atoms with Crippen LogP contribution in [0.25, 0.3) is 0 Å². The molecular formula is C10H26NO6P. The lowest BCUT2D eigenvalue weighted by molar-refractivity contribution is -0.0101. The van der Waals surface area contributed by atoms with Crippen LogP contribution < -0.4 is 0 Å². The Morgan fingerprint density at radius 1 is 1.06 bits per heavy atom. The molecular weight excluding hydrogens is 261 g/mol. The lowest BCUT2D eigenvalue weighted by atomic mass is 9.97. The van der Waals surface area contributed by atoms with Crippen molar-refractivity contribution in [3.05, 3.63) is 0 Å². The zero-order valence-corrected chi connectivity index (χ0v) is 12.0. The summed E-state index contributed by atoms with van der Waals surface area (Å²) >= 11 is 0. The fraction of sp³-hybridized carbons (Fsp3) is 1.00. The van der Waals surface area contributed by atoms with Gasteiger partial charge in [-0.3, -0.25) is 9.46 Å². The zero-order valence-electron chi connectivity index (χ0n) is 11.0. The predicted octanol–water partition coefficient (Wildman–Crippen LogP) is -0.815. The number of hydrogen-bond donors (Lipinski definition) is 5. The first-order valence-electron chi connectivity index (χ1n) is 5.93. The predicted molar refractivity (Wildman–Crippen MR) is 69.6 cm³/mol. The molecule has 0 aromatic heterocycles. The maximum atomic E-state index is 10.0. The molecule has 0 saturated carbocycles. The second kappa shape index (κ2) is 12.0. The van der Waals surface area contributed by atoms with Gasteiger partial charge in [-0.15, -0.1) is 0 Å². The van der Waals surface area contributed by atoms with E-state index in [1.165, 1.54) is 0 Å². The molecule has 0 amide bonds. The minimum Gasteiger partial charge on any atom is -0.395 e. The van der Waals surface area contributed by atoms with Crippen molar-refractivity contribution in [3.8, 4) is 0 Å². The van der Waals surface area contributed by atoms with Gasteiger partial charge in [0.25, 0.3) is 0 Å². The monoisotopic (exact) mass is 287 g/mol. The van der Waals surface area contributed by atoms with Gasteiger partial charge in [-0.1, -0.05) is 13.8 Å². The molecule has 112 valence electrons.